The molecule has 0 saturated carbocycles. The van der Waals surface area contributed by atoms with Gasteiger partial charge in [-0.2, -0.15) is 0 Å². The van der Waals surface area contributed by atoms with Crippen molar-refractivity contribution in [2.24, 2.45) is 0 Å². The van der Waals surface area contributed by atoms with Crippen molar-refractivity contribution in [2.75, 3.05) is 6.61 Å². The van der Waals surface area contributed by atoms with Crippen LogP contribution in [0.15, 0.2) is 24.3 Å². The summed E-state index contributed by atoms with van der Waals surface area (Å²) in [7, 11) is 0. The fourth-order valence-corrected chi connectivity index (χ4v) is 1.52. The van der Waals surface area contributed by atoms with E-state index in [1.807, 2.05) is 0 Å². The van der Waals surface area contributed by atoms with Gasteiger partial charge in [-0.3, -0.25) is 9.59 Å². The molecule has 3 N–H and O–H groups in total. The Morgan fingerprint density at radius 1 is 1.30 bits per heavy atom. The number of para-hydroxylation sites is 1. The Morgan fingerprint density at radius 3 is 2.50 bits per heavy atom. The minimum absolute atomic E-state index is 0.0469. The van der Waals surface area contributed by atoms with Gasteiger partial charge in [0.05, 0.1) is 5.56 Å². The fraction of sp³-hybridized carbons (Fsp3) is 0.308. The second-order valence-corrected chi connectivity index (χ2v) is 3.97. The molecule has 0 aliphatic heterocycles. The zero-order chi connectivity index (χ0) is 15.1. The van der Waals surface area contributed by atoms with Crippen LogP contribution in [-0.4, -0.2) is 40.7 Å². The maximum absolute atomic E-state index is 12.0. The molecule has 1 aromatic rings. The van der Waals surface area contributed by atoms with E-state index in [4.69, 9.17) is 14.9 Å². The fourth-order valence-electron chi connectivity index (χ4n) is 1.52. The van der Waals surface area contributed by atoms with Crippen LogP contribution in [0.4, 0.5) is 0 Å². The van der Waals surface area contributed by atoms with Crippen LogP contribution >= 0.6 is 0 Å². The number of benzene rings is 1. The Kier molecular flexibility index (Phi) is 5.67. The first-order chi connectivity index (χ1) is 9.45. The standard InChI is InChI=1S/C13H15NO6/c1-8(16)20-11-5-3-2-4-9(11)12(17)14-10(6-7-15)13(18)19/h2-5,10,15H,6-7H2,1H3,(H,14,17)(H,18,19). The molecule has 0 heterocycles. The molecule has 1 unspecified atom stereocenters. The third-order valence-corrected chi connectivity index (χ3v) is 2.41. The molecule has 0 bridgehead atoms. The maximum atomic E-state index is 12.0. The number of amides is 1. The van der Waals surface area contributed by atoms with Crippen molar-refractivity contribution in [1.82, 2.24) is 5.32 Å². The number of nitrogens with one attached hydrogen (secondary N) is 1. The van der Waals surface area contributed by atoms with Crippen molar-refractivity contribution >= 4 is 17.8 Å². The molecule has 0 aromatic heterocycles. The van der Waals surface area contributed by atoms with Crippen LogP contribution in [0.5, 0.6) is 5.75 Å². The van der Waals surface area contributed by atoms with Gasteiger partial charge in [-0.1, -0.05) is 12.1 Å². The Morgan fingerprint density at radius 2 is 1.95 bits per heavy atom. The quantitative estimate of drug-likeness (QED) is 0.506. The van der Waals surface area contributed by atoms with Crippen LogP contribution in [0, 0.1) is 0 Å². The summed E-state index contributed by atoms with van der Waals surface area (Å²) >= 11 is 0. The Hall–Kier alpha value is -2.41. The van der Waals surface area contributed by atoms with Gasteiger partial charge in [-0.15, -0.1) is 0 Å². The molecule has 1 rings (SSSR count). The van der Waals surface area contributed by atoms with Crippen molar-refractivity contribution in [2.45, 2.75) is 19.4 Å². The van der Waals surface area contributed by atoms with E-state index in [0.29, 0.717) is 0 Å². The second-order valence-electron chi connectivity index (χ2n) is 3.97. The molecule has 108 valence electrons. The van der Waals surface area contributed by atoms with E-state index in [1.165, 1.54) is 19.1 Å². The average molecular weight is 281 g/mol. The lowest BCUT2D eigenvalue weighted by Crippen LogP contribution is -2.41. The summed E-state index contributed by atoms with van der Waals surface area (Å²) < 4.78 is 4.87. The highest BCUT2D eigenvalue weighted by molar-refractivity contribution is 5.99. The Labute approximate surface area is 115 Å². The first-order valence-electron chi connectivity index (χ1n) is 5.87. The summed E-state index contributed by atoms with van der Waals surface area (Å²) in [4.78, 5) is 33.8. The SMILES string of the molecule is CC(=O)Oc1ccccc1C(=O)NC(CCO)C(=O)O. The lowest BCUT2D eigenvalue weighted by molar-refractivity contribution is -0.139. The van der Waals surface area contributed by atoms with Gasteiger partial charge in [0.25, 0.3) is 5.91 Å². The normalized spacial score (nSPS) is 11.5. The minimum atomic E-state index is -1.25. The smallest absolute Gasteiger partial charge is 0.326 e. The molecule has 7 nitrogen and oxygen atoms in total. The summed E-state index contributed by atoms with van der Waals surface area (Å²) in [5.74, 6) is -2.49. The molecule has 0 aliphatic rings. The van der Waals surface area contributed by atoms with Crippen LogP contribution in [0.25, 0.3) is 0 Å². The van der Waals surface area contributed by atoms with Gasteiger partial charge in [0.15, 0.2) is 0 Å². The van der Waals surface area contributed by atoms with Crippen molar-refractivity contribution < 1.29 is 29.3 Å². The Balaban J connectivity index is 2.91. The number of carbonyl (C=O) groups excluding carboxylic acids is 2. The molecular formula is C13H15NO6. The zero-order valence-electron chi connectivity index (χ0n) is 10.8. The van der Waals surface area contributed by atoms with E-state index >= 15 is 0 Å². The molecule has 0 fully saturated rings. The second kappa shape index (κ2) is 7.25. The van der Waals surface area contributed by atoms with Crippen LogP contribution in [0.2, 0.25) is 0 Å². The number of aliphatic hydroxyl groups excluding tert-OH is 1. The number of carboxylic acids is 1. The third kappa shape index (κ3) is 4.36. The number of ether oxygens (including phenoxy) is 1. The molecule has 20 heavy (non-hydrogen) atoms. The van der Waals surface area contributed by atoms with Gasteiger partial charge in [0.1, 0.15) is 11.8 Å². The van der Waals surface area contributed by atoms with Crippen molar-refractivity contribution in [3.8, 4) is 5.75 Å². The molecular weight excluding hydrogens is 266 g/mol. The van der Waals surface area contributed by atoms with Crippen LogP contribution < -0.4 is 10.1 Å². The average Bonchev–Trinajstić information content (AvgIpc) is 2.37. The Bertz CT molecular complexity index is 513. The van der Waals surface area contributed by atoms with E-state index in [2.05, 4.69) is 5.32 Å². The first kappa shape index (κ1) is 15.6. The molecule has 0 spiro atoms. The number of aliphatic carboxylic acids is 1. The summed E-state index contributed by atoms with van der Waals surface area (Å²) in [6.07, 6.45) is -0.114. The van der Waals surface area contributed by atoms with Gasteiger partial charge in [-0.05, 0) is 12.1 Å². The van der Waals surface area contributed by atoms with E-state index in [9.17, 15) is 14.4 Å². The lowest BCUT2D eigenvalue weighted by Gasteiger charge is -2.14. The van der Waals surface area contributed by atoms with E-state index in [1.54, 1.807) is 12.1 Å². The molecule has 0 radical (unpaired) electrons. The van der Waals surface area contributed by atoms with Gasteiger partial charge < -0.3 is 20.3 Å². The molecule has 0 aliphatic carbocycles. The summed E-state index contributed by atoms with van der Waals surface area (Å²) in [5.41, 5.74) is 0.0480. The molecule has 0 saturated heterocycles. The van der Waals surface area contributed by atoms with Crippen LogP contribution in [0.1, 0.15) is 23.7 Å². The predicted octanol–water partition coefficient (Wildman–Crippen LogP) is 0.177. The molecule has 7 heteroatoms. The zero-order valence-corrected chi connectivity index (χ0v) is 10.8. The number of esters is 1. The van der Waals surface area contributed by atoms with Gasteiger partial charge in [0.2, 0.25) is 0 Å². The number of aliphatic hydroxyl groups is 1. The largest absolute Gasteiger partial charge is 0.480 e. The first-order valence-corrected chi connectivity index (χ1v) is 5.87. The topological polar surface area (TPSA) is 113 Å². The number of rotatable bonds is 6. The van der Waals surface area contributed by atoms with E-state index in [-0.39, 0.29) is 24.3 Å². The number of carboxylic acid groups (broad SMARTS) is 1. The van der Waals surface area contributed by atoms with Crippen molar-refractivity contribution in [3.63, 3.8) is 0 Å². The predicted molar refractivity (Wildman–Crippen MR) is 68.3 cm³/mol. The summed E-state index contributed by atoms with van der Waals surface area (Å²) in [5, 5.41) is 19.9. The van der Waals surface area contributed by atoms with E-state index < -0.39 is 23.9 Å². The van der Waals surface area contributed by atoms with Crippen LogP contribution in [-0.2, 0) is 9.59 Å². The number of hydrogen-bond acceptors (Lipinski definition) is 5. The lowest BCUT2D eigenvalue weighted by atomic mass is 10.1. The van der Waals surface area contributed by atoms with E-state index in [0.717, 1.165) is 0 Å². The van der Waals surface area contributed by atoms with Gasteiger partial charge >= 0.3 is 11.9 Å². The van der Waals surface area contributed by atoms with Crippen molar-refractivity contribution in [3.05, 3.63) is 29.8 Å². The molecule has 1 amide bonds. The summed E-state index contributed by atoms with van der Waals surface area (Å²) in [6, 6.07) is 4.77. The third-order valence-electron chi connectivity index (χ3n) is 2.41. The van der Waals surface area contributed by atoms with Crippen molar-refractivity contribution in [1.29, 1.82) is 0 Å². The maximum Gasteiger partial charge on any atom is 0.326 e. The highest BCUT2D eigenvalue weighted by Gasteiger charge is 2.22. The molecule has 1 atom stereocenters. The van der Waals surface area contributed by atoms with Gasteiger partial charge in [0, 0.05) is 20.0 Å². The monoisotopic (exact) mass is 281 g/mol. The highest BCUT2D eigenvalue weighted by Crippen LogP contribution is 2.18. The molecule has 1 aromatic carbocycles. The van der Waals surface area contributed by atoms with Crippen LogP contribution in [0.3, 0.4) is 0 Å². The summed E-state index contributed by atoms with van der Waals surface area (Å²) in [6.45, 7) is 0.823. The number of carbonyl (C=O) groups is 3. The van der Waals surface area contributed by atoms with Gasteiger partial charge in [-0.25, -0.2) is 4.79 Å². The minimum Gasteiger partial charge on any atom is -0.480 e. The highest BCUT2D eigenvalue weighted by atomic mass is 16.5. The number of hydrogen-bond donors (Lipinski definition) is 3.